The second-order valence-corrected chi connectivity index (χ2v) is 6.89. The molecule has 2 rings (SSSR count). The van der Waals surface area contributed by atoms with E-state index in [1.165, 1.54) is 24.3 Å². The quantitative estimate of drug-likeness (QED) is 0.595. The van der Waals surface area contributed by atoms with Crippen LogP contribution in [0.15, 0.2) is 60.3 Å². The second kappa shape index (κ2) is 10.2. The highest BCUT2D eigenvalue weighted by molar-refractivity contribution is 6.06. The summed E-state index contributed by atoms with van der Waals surface area (Å²) in [6, 6.07) is 12.8. The summed E-state index contributed by atoms with van der Waals surface area (Å²) in [7, 11) is 0. The van der Waals surface area contributed by atoms with Gasteiger partial charge in [-0.15, -0.1) is 0 Å². The van der Waals surface area contributed by atoms with Crippen molar-refractivity contribution >= 4 is 23.9 Å². The van der Waals surface area contributed by atoms with Crippen molar-refractivity contribution in [2.45, 2.75) is 26.3 Å². The van der Waals surface area contributed by atoms with Crippen molar-refractivity contribution in [2.24, 2.45) is 5.92 Å². The smallest absolute Gasteiger partial charge is 0.326 e. The van der Waals surface area contributed by atoms with Crippen molar-refractivity contribution in [1.29, 1.82) is 0 Å². The van der Waals surface area contributed by atoms with Crippen molar-refractivity contribution < 1.29 is 23.9 Å². The number of rotatable bonds is 8. The molecule has 0 aliphatic heterocycles. The zero-order valence-electron chi connectivity index (χ0n) is 16.2. The Hall–Kier alpha value is -3.48. The van der Waals surface area contributed by atoms with E-state index in [0.717, 1.165) is 0 Å². The molecular formula is C22H23FN2O4. The van der Waals surface area contributed by atoms with Crippen LogP contribution in [-0.2, 0) is 9.59 Å². The number of hydrogen-bond acceptors (Lipinski definition) is 3. The monoisotopic (exact) mass is 398 g/mol. The third-order valence-electron chi connectivity index (χ3n) is 4.04. The number of aliphatic carboxylic acids is 1. The van der Waals surface area contributed by atoms with Crippen molar-refractivity contribution in [3.63, 3.8) is 0 Å². The Morgan fingerprint density at radius 2 is 1.66 bits per heavy atom. The van der Waals surface area contributed by atoms with Crippen LogP contribution >= 0.6 is 0 Å². The lowest BCUT2D eigenvalue weighted by molar-refractivity contribution is -0.141. The number of carboxylic acids is 1. The maximum Gasteiger partial charge on any atom is 0.326 e. The average molecular weight is 398 g/mol. The molecule has 1 unspecified atom stereocenters. The van der Waals surface area contributed by atoms with E-state index in [1.807, 2.05) is 13.8 Å². The van der Waals surface area contributed by atoms with Gasteiger partial charge in [-0.05, 0) is 36.6 Å². The molecule has 0 saturated heterocycles. The Kier molecular flexibility index (Phi) is 7.65. The highest BCUT2D eigenvalue weighted by Crippen LogP contribution is 2.12. The molecule has 3 N–H and O–H groups in total. The SMILES string of the molecule is CC(C)CC(NC(=O)/C(=C\c1ccccc1F)NC(=O)c1ccccc1)C(=O)O. The van der Waals surface area contributed by atoms with Gasteiger partial charge in [-0.25, -0.2) is 9.18 Å². The third-order valence-corrected chi connectivity index (χ3v) is 4.04. The maximum atomic E-state index is 14.1. The number of nitrogens with one attached hydrogen (secondary N) is 2. The van der Waals surface area contributed by atoms with E-state index in [4.69, 9.17) is 0 Å². The Bertz CT molecular complexity index is 910. The van der Waals surface area contributed by atoms with E-state index in [1.54, 1.807) is 36.4 Å². The summed E-state index contributed by atoms with van der Waals surface area (Å²) in [6.07, 6.45) is 1.39. The van der Waals surface area contributed by atoms with E-state index >= 15 is 0 Å². The Labute approximate surface area is 168 Å². The molecule has 7 heteroatoms. The molecule has 0 bridgehead atoms. The highest BCUT2D eigenvalue weighted by atomic mass is 19.1. The molecule has 0 saturated carbocycles. The molecule has 2 amide bonds. The molecule has 0 aromatic heterocycles. The first-order valence-corrected chi connectivity index (χ1v) is 9.14. The van der Waals surface area contributed by atoms with Gasteiger partial charge in [0.05, 0.1) is 0 Å². The molecule has 0 spiro atoms. The number of amides is 2. The molecule has 0 radical (unpaired) electrons. The van der Waals surface area contributed by atoms with Gasteiger partial charge in [-0.1, -0.05) is 50.2 Å². The summed E-state index contributed by atoms with van der Waals surface area (Å²) in [6.45, 7) is 3.66. The van der Waals surface area contributed by atoms with Crippen LogP contribution in [0.5, 0.6) is 0 Å². The summed E-state index contributed by atoms with van der Waals surface area (Å²) in [5, 5.41) is 14.2. The first-order valence-electron chi connectivity index (χ1n) is 9.14. The van der Waals surface area contributed by atoms with Crippen LogP contribution in [0.1, 0.15) is 36.2 Å². The van der Waals surface area contributed by atoms with Gasteiger partial charge >= 0.3 is 5.97 Å². The molecule has 152 valence electrons. The van der Waals surface area contributed by atoms with Crippen molar-refractivity contribution in [1.82, 2.24) is 10.6 Å². The molecule has 2 aromatic rings. The van der Waals surface area contributed by atoms with Gasteiger partial charge in [0.25, 0.3) is 11.8 Å². The summed E-state index contributed by atoms with van der Waals surface area (Å²) in [4.78, 5) is 36.7. The topological polar surface area (TPSA) is 95.5 Å². The summed E-state index contributed by atoms with van der Waals surface area (Å²) in [5.74, 6) is -3.13. The van der Waals surface area contributed by atoms with E-state index in [-0.39, 0.29) is 23.6 Å². The van der Waals surface area contributed by atoms with Gasteiger partial charge in [-0.2, -0.15) is 0 Å². The van der Waals surface area contributed by atoms with Crippen LogP contribution in [0, 0.1) is 11.7 Å². The molecule has 29 heavy (non-hydrogen) atoms. The number of carbonyl (C=O) groups is 3. The lowest BCUT2D eigenvalue weighted by atomic mass is 10.0. The van der Waals surface area contributed by atoms with Gasteiger partial charge in [0.1, 0.15) is 17.6 Å². The van der Waals surface area contributed by atoms with E-state index in [2.05, 4.69) is 10.6 Å². The third kappa shape index (κ3) is 6.57. The van der Waals surface area contributed by atoms with Crippen LogP contribution < -0.4 is 10.6 Å². The molecule has 0 aliphatic carbocycles. The Morgan fingerprint density at radius 1 is 1.03 bits per heavy atom. The maximum absolute atomic E-state index is 14.1. The number of hydrogen-bond donors (Lipinski definition) is 3. The normalized spacial score (nSPS) is 12.3. The standard InChI is InChI=1S/C22H23FN2O4/c1-14(2)12-19(22(28)29)25-21(27)18(13-16-10-6-7-11-17(16)23)24-20(26)15-8-4-3-5-9-15/h3-11,13-14,19H,12H2,1-2H3,(H,24,26)(H,25,27)(H,28,29)/b18-13+. The summed E-state index contributed by atoms with van der Waals surface area (Å²) >= 11 is 0. The van der Waals surface area contributed by atoms with Gasteiger partial charge in [0.2, 0.25) is 0 Å². The fourth-order valence-electron chi connectivity index (χ4n) is 2.62. The summed E-state index contributed by atoms with van der Waals surface area (Å²) < 4.78 is 14.1. The van der Waals surface area contributed by atoms with Crippen molar-refractivity contribution in [3.05, 3.63) is 77.2 Å². The molecule has 2 aromatic carbocycles. The molecule has 6 nitrogen and oxygen atoms in total. The Balaban J connectivity index is 2.33. The molecule has 0 aliphatic rings. The minimum atomic E-state index is -1.19. The van der Waals surface area contributed by atoms with Crippen molar-refractivity contribution in [3.8, 4) is 0 Å². The van der Waals surface area contributed by atoms with Gasteiger partial charge in [0, 0.05) is 11.1 Å². The lowest BCUT2D eigenvalue weighted by Crippen LogP contribution is -2.45. The van der Waals surface area contributed by atoms with Crippen LogP contribution in [0.2, 0.25) is 0 Å². The van der Waals surface area contributed by atoms with E-state index in [9.17, 15) is 23.9 Å². The zero-order valence-corrected chi connectivity index (χ0v) is 16.2. The number of carbonyl (C=O) groups excluding carboxylic acids is 2. The minimum absolute atomic E-state index is 0.0225. The average Bonchev–Trinajstić information content (AvgIpc) is 2.68. The van der Waals surface area contributed by atoms with Crippen LogP contribution in [0.25, 0.3) is 6.08 Å². The predicted octanol–water partition coefficient (Wildman–Crippen LogP) is 3.21. The van der Waals surface area contributed by atoms with Crippen LogP contribution in [-0.4, -0.2) is 28.9 Å². The molecular weight excluding hydrogens is 375 g/mol. The largest absolute Gasteiger partial charge is 0.480 e. The van der Waals surface area contributed by atoms with Crippen LogP contribution in [0.3, 0.4) is 0 Å². The Morgan fingerprint density at radius 3 is 2.24 bits per heavy atom. The number of benzene rings is 2. The zero-order chi connectivity index (χ0) is 21.4. The first-order chi connectivity index (χ1) is 13.8. The molecule has 0 heterocycles. The first kappa shape index (κ1) is 21.8. The van der Waals surface area contributed by atoms with Gasteiger partial charge in [0.15, 0.2) is 0 Å². The van der Waals surface area contributed by atoms with E-state index < -0.39 is 29.6 Å². The van der Waals surface area contributed by atoms with Gasteiger partial charge < -0.3 is 15.7 Å². The highest BCUT2D eigenvalue weighted by Gasteiger charge is 2.24. The fraction of sp³-hybridized carbons (Fsp3) is 0.227. The lowest BCUT2D eigenvalue weighted by Gasteiger charge is -2.18. The molecule has 0 fully saturated rings. The minimum Gasteiger partial charge on any atom is -0.480 e. The fourth-order valence-corrected chi connectivity index (χ4v) is 2.62. The second-order valence-electron chi connectivity index (χ2n) is 6.89. The van der Waals surface area contributed by atoms with Gasteiger partial charge in [-0.3, -0.25) is 9.59 Å². The van der Waals surface area contributed by atoms with E-state index in [0.29, 0.717) is 5.56 Å². The summed E-state index contributed by atoms with van der Waals surface area (Å²) in [5.41, 5.74) is 0.136. The van der Waals surface area contributed by atoms with Crippen molar-refractivity contribution in [2.75, 3.05) is 0 Å². The number of carboxylic acid groups (broad SMARTS) is 1. The molecule has 1 atom stereocenters. The van der Waals surface area contributed by atoms with Crippen LogP contribution in [0.4, 0.5) is 4.39 Å². The predicted molar refractivity (Wildman–Crippen MR) is 107 cm³/mol. The number of halogens is 1.